The van der Waals surface area contributed by atoms with Crippen LogP contribution in [0.15, 0.2) is 42.5 Å². The number of amides is 1. The highest BCUT2D eigenvalue weighted by molar-refractivity contribution is 6.30. The zero-order valence-corrected chi connectivity index (χ0v) is 14.2. The van der Waals surface area contributed by atoms with Gasteiger partial charge < -0.3 is 10.1 Å². The van der Waals surface area contributed by atoms with Crippen LogP contribution in [-0.4, -0.2) is 18.0 Å². The van der Waals surface area contributed by atoms with Crippen LogP contribution in [0.5, 0.6) is 0 Å². The first kappa shape index (κ1) is 19.5. The Hall–Kier alpha value is -2.80. The minimum atomic E-state index is -1.30. The Morgan fingerprint density at radius 3 is 2.38 bits per heavy atom. The summed E-state index contributed by atoms with van der Waals surface area (Å²) in [4.78, 5) is 23.6. The van der Waals surface area contributed by atoms with E-state index in [2.05, 4.69) is 0 Å². The molecule has 136 valence electrons. The van der Waals surface area contributed by atoms with E-state index < -0.39 is 41.1 Å². The molecule has 2 aromatic rings. The van der Waals surface area contributed by atoms with Crippen LogP contribution < -0.4 is 5.32 Å². The summed E-state index contributed by atoms with van der Waals surface area (Å²) in [6.45, 7) is 1.24. The highest BCUT2D eigenvalue weighted by Crippen LogP contribution is 2.19. The molecule has 4 nitrogen and oxygen atoms in total. The topological polar surface area (TPSA) is 55.4 Å². The number of rotatable bonds is 5. The first-order chi connectivity index (χ1) is 12.3. The van der Waals surface area contributed by atoms with Gasteiger partial charge in [-0.1, -0.05) is 23.7 Å². The average Bonchev–Trinajstić information content (AvgIpc) is 2.59. The van der Waals surface area contributed by atoms with Crippen molar-refractivity contribution in [2.75, 3.05) is 5.32 Å². The molecular formula is C18H13ClF3NO3. The second-order valence-corrected chi connectivity index (χ2v) is 5.58. The molecule has 1 atom stereocenters. The molecule has 0 aliphatic rings. The fraction of sp³-hybridized carbons (Fsp3) is 0.111. The first-order valence-electron chi connectivity index (χ1n) is 7.36. The van der Waals surface area contributed by atoms with E-state index in [-0.39, 0.29) is 5.02 Å². The lowest BCUT2D eigenvalue weighted by molar-refractivity contribution is -0.148. The van der Waals surface area contributed by atoms with E-state index in [1.165, 1.54) is 25.1 Å². The van der Waals surface area contributed by atoms with Gasteiger partial charge >= 0.3 is 5.97 Å². The third-order valence-corrected chi connectivity index (χ3v) is 3.52. The number of benzene rings is 2. The van der Waals surface area contributed by atoms with Gasteiger partial charge in [0.25, 0.3) is 5.91 Å². The zero-order valence-electron chi connectivity index (χ0n) is 13.4. The van der Waals surface area contributed by atoms with Crippen LogP contribution in [0.25, 0.3) is 6.08 Å². The van der Waals surface area contributed by atoms with Gasteiger partial charge in [-0.05, 0) is 42.8 Å². The number of anilines is 1. The van der Waals surface area contributed by atoms with Gasteiger partial charge in [0.1, 0.15) is 23.1 Å². The van der Waals surface area contributed by atoms with E-state index in [0.29, 0.717) is 5.56 Å². The molecule has 1 N–H and O–H groups in total. The molecule has 0 spiro atoms. The summed E-state index contributed by atoms with van der Waals surface area (Å²) in [6, 6.07) is 6.93. The number of esters is 1. The van der Waals surface area contributed by atoms with Crippen LogP contribution >= 0.6 is 11.6 Å². The molecule has 0 heterocycles. The Labute approximate surface area is 152 Å². The van der Waals surface area contributed by atoms with Crippen molar-refractivity contribution in [1.82, 2.24) is 0 Å². The number of para-hydroxylation sites is 1. The fourth-order valence-electron chi connectivity index (χ4n) is 1.89. The van der Waals surface area contributed by atoms with Crippen LogP contribution in [0.1, 0.15) is 12.5 Å². The molecule has 0 saturated heterocycles. The molecule has 26 heavy (non-hydrogen) atoms. The standard InChI is InChI=1S/C18H13ClF3NO3/c1-10(18(25)23-17-14(21)3-2-4-15(17)22)26-16(24)8-6-11-5-7-13(20)12(19)9-11/h2-10H,1H3,(H,23,25)/b8-6+/t10-/m1/s1. The van der Waals surface area contributed by atoms with Gasteiger partial charge in [0.15, 0.2) is 6.10 Å². The van der Waals surface area contributed by atoms with Crippen molar-refractivity contribution in [3.05, 3.63) is 70.5 Å². The Bertz CT molecular complexity index is 851. The molecule has 2 rings (SSSR count). The lowest BCUT2D eigenvalue weighted by atomic mass is 10.2. The highest BCUT2D eigenvalue weighted by atomic mass is 35.5. The van der Waals surface area contributed by atoms with Gasteiger partial charge in [0.2, 0.25) is 0 Å². The molecule has 2 aromatic carbocycles. The highest BCUT2D eigenvalue weighted by Gasteiger charge is 2.19. The monoisotopic (exact) mass is 383 g/mol. The Morgan fingerprint density at radius 2 is 1.77 bits per heavy atom. The van der Waals surface area contributed by atoms with Crippen LogP contribution in [0.3, 0.4) is 0 Å². The van der Waals surface area contributed by atoms with Crippen LogP contribution in [0.4, 0.5) is 18.9 Å². The van der Waals surface area contributed by atoms with Crippen molar-refractivity contribution in [2.45, 2.75) is 13.0 Å². The number of nitrogens with one attached hydrogen (secondary N) is 1. The van der Waals surface area contributed by atoms with Gasteiger partial charge in [-0.15, -0.1) is 0 Å². The Balaban J connectivity index is 1.96. The summed E-state index contributed by atoms with van der Waals surface area (Å²) < 4.78 is 44.9. The maximum Gasteiger partial charge on any atom is 0.331 e. The third-order valence-electron chi connectivity index (χ3n) is 3.23. The summed E-state index contributed by atoms with van der Waals surface area (Å²) in [5, 5.41) is 1.91. The van der Waals surface area contributed by atoms with Crippen molar-refractivity contribution >= 4 is 35.2 Å². The molecule has 0 radical (unpaired) electrons. The van der Waals surface area contributed by atoms with E-state index >= 15 is 0 Å². The smallest absolute Gasteiger partial charge is 0.331 e. The van der Waals surface area contributed by atoms with Gasteiger partial charge in [-0.2, -0.15) is 0 Å². The molecule has 0 bridgehead atoms. The normalized spacial score (nSPS) is 12.0. The summed E-state index contributed by atoms with van der Waals surface area (Å²) in [6.07, 6.45) is 1.02. The second kappa shape index (κ2) is 8.53. The maximum atomic E-state index is 13.5. The molecule has 1 amide bonds. The maximum absolute atomic E-state index is 13.5. The van der Waals surface area contributed by atoms with E-state index in [9.17, 15) is 22.8 Å². The number of hydrogen-bond donors (Lipinski definition) is 1. The van der Waals surface area contributed by atoms with Crippen molar-refractivity contribution in [3.8, 4) is 0 Å². The van der Waals surface area contributed by atoms with Crippen molar-refractivity contribution in [3.63, 3.8) is 0 Å². The number of carbonyl (C=O) groups excluding carboxylic acids is 2. The second-order valence-electron chi connectivity index (χ2n) is 5.17. The molecule has 0 fully saturated rings. The molecule has 0 aliphatic heterocycles. The summed E-state index contributed by atoms with van der Waals surface area (Å²) >= 11 is 5.62. The van der Waals surface area contributed by atoms with E-state index in [0.717, 1.165) is 30.3 Å². The van der Waals surface area contributed by atoms with Crippen molar-refractivity contribution in [1.29, 1.82) is 0 Å². The minimum Gasteiger partial charge on any atom is -0.449 e. The number of carbonyl (C=O) groups is 2. The SMILES string of the molecule is C[C@@H](OC(=O)/C=C/c1ccc(F)c(Cl)c1)C(=O)Nc1c(F)cccc1F. The molecular weight excluding hydrogens is 371 g/mol. The Morgan fingerprint density at radius 1 is 1.12 bits per heavy atom. The summed E-state index contributed by atoms with van der Waals surface area (Å²) in [5.74, 6) is -4.28. The molecule has 0 aromatic heterocycles. The average molecular weight is 384 g/mol. The molecule has 0 saturated carbocycles. The molecule has 0 unspecified atom stereocenters. The third kappa shape index (κ3) is 5.10. The van der Waals surface area contributed by atoms with Gasteiger partial charge in [0, 0.05) is 6.08 Å². The van der Waals surface area contributed by atoms with E-state index in [4.69, 9.17) is 16.3 Å². The largest absolute Gasteiger partial charge is 0.449 e. The van der Waals surface area contributed by atoms with Crippen molar-refractivity contribution in [2.24, 2.45) is 0 Å². The van der Waals surface area contributed by atoms with E-state index in [1.807, 2.05) is 5.32 Å². The number of ether oxygens (including phenoxy) is 1. The fourth-order valence-corrected chi connectivity index (χ4v) is 2.08. The quantitative estimate of drug-likeness (QED) is 0.617. The molecule has 8 heteroatoms. The minimum absolute atomic E-state index is 0.111. The van der Waals surface area contributed by atoms with Crippen LogP contribution in [-0.2, 0) is 14.3 Å². The number of hydrogen-bond acceptors (Lipinski definition) is 3. The lowest BCUT2D eigenvalue weighted by Crippen LogP contribution is -2.30. The number of halogens is 4. The predicted molar refractivity (Wildman–Crippen MR) is 91.0 cm³/mol. The van der Waals surface area contributed by atoms with Gasteiger partial charge in [0.05, 0.1) is 5.02 Å². The van der Waals surface area contributed by atoms with Crippen LogP contribution in [0, 0.1) is 17.5 Å². The predicted octanol–water partition coefficient (Wildman–Crippen LogP) is 4.34. The van der Waals surface area contributed by atoms with E-state index in [1.54, 1.807) is 0 Å². The summed E-state index contributed by atoms with van der Waals surface area (Å²) in [7, 11) is 0. The lowest BCUT2D eigenvalue weighted by Gasteiger charge is -2.13. The first-order valence-corrected chi connectivity index (χ1v) is 7.74. The molecule has 0 aliphatic carbocycles. The zero-order chi connectivity index (χ0) is 19.3. The van der Waals surface area contributed by atoms with Gasteiger partial charge in [-0.25, -0.2) is 18.0 Å². The van der Waals surface area contributed by atoms with Gasteiger partial charge in [-0.3, -0.25) is 4.79 Å². The van der Waals surface area contributed by atoms with Crippen LogP contribution in [0.2, 0.25) is 5.02 Å². The summed E-state index contributed by atoms with van der Waals surface area (Å²) in [5.41, 5.74) is -0.184. The van der Waals surface area contributed by atoms with Crippen molar-refractivity contribution < 1.29 is 27.5 Å². The Kier molecular flexibility index (Phi) is 6.41.